The molecule has 0 bridgehead atoms. The zero-order valence-corrected chi connectivity index (χ0v) is 22.8. The van der Waals surface area contributed by atoms with Crippen molar-refractivity contribution in [2.75, 3.05) is 24.6 Å². The molecule has 0 spiro atoms. The van der Waals surface area contributed by atoms with Gasteiger partial charge in [0.25, 0.3) is 0 Å². The summed E-state index contributed by atoms with van der Waals surface area (Å²) >= 11 is 0. The summed E-state index contributed by atoms with van der Waals surface area (Å²) in [7, 11) is 0. The van der Waals surface area contributed by atoms with E-state index in [-0.39, 0.29) is 12.3 Å². The summed E-state index contributed by atoms with van der Waals surface area (Å²) in [6, 6.07) is 15.2. The van der Waals surface area contributed by atoms with Crippen LogP contribution in [0.1, 0.15) is 88.3 Å². The topological polar surface area (TPSA) is 49.8 Å². The number of hydrogen-bond acceptors (Lipinski definition) is 3. The molecule has 2 aromatic carbocycles. The van der Waals surface area contributed by atoms with Crippen molar-refractivity contribution < 1.29 is 14.6 Å². The number of carboxylic acid groups (broad SMARTS) is 1. The van der Waals surface area contributed by atoms with Crippen molar-refractivity contribution in [3.8, 4) is 5.75 Å². The molecule has 0 radical (unpaired) electrons. The van der Waals surface area contributed by atoms with Crippen LogP contribution < -0.4 is 9.64 Å². The summed E-state index contributed by atoms with van der Waals surface area (Å²) in [5.41, 5.74) is 5.76. The van der Waals surface area contributed by atoms with E-state index in [1.54, 1.807) is 0 Å². The van der Waals surface area contributed by atoms with E-state index in [1.165, 1.54) is 29.7 Å². The SMILES string of the molecule is Cc1ccc(CCCC(C)(C)C)c(N2CCC(COc3cccc(C(CC(=O)O)C4CC4)c3)CC2)c1. The fourth-order valence-corrected chi connectivity index (χ4v) is 5.62. The average molecular weight is 492 g/mol. The second-order valence-corrected chi connectivity index (χ2v) is 12.4. The summed E-state index contributed by atoms with van der Waals surface area (Å²) in [6.45, 7) is 12.1. The molecule has 0 aromatic heterocycles. The van der Waals surface area contributed by atoms with Crippen LogP contribution in [0.25, 0.3) is 0 Å². The number of aryl methyl sites for hydroxylation is 2. The molecule has 1 heterocycles. The van der Waals surface area contributed by atoms with Crippen LogP contribution in [0.5, 0.6) is 5.75 Å². The molecule has 36 heavy (non-hydrogen) atoms. The number of hydrogen-bond donors (Lipinski definition) is 1. The monoisotopic (exact) mass is 491 g/mol. The number of nitrogens with zero attached hydrogens (tertiary/aromatic N) is 1. The first-order valence-electron chi connectivity index (χ1n) is 14.0. The molecule has 1 unspecified atom stereocenters. The molecule has 2 aliphatic rings. The molecule has 1 saturated heterocycles. The summed E-state index contributed by atoms with van der Waals surface area (Å²) in [5, 5.41) is 9.34. The molecule has 1 N–H and O–H groups in total. The Morgan fingerprint density at radius 1 is 1.08 bits per heavy atom. The minimum Gasteiger partial charge on any atom is -0.493 e. The van der Waals surface area contributed by atoms with Crippen molar-refractivity contribution in [3.63, 3.8) is 0 Å². The molecule has 196 valence electrons. The molecule has 4 rings (SSSR count). The number of piperidine rings is 1. The lowest BCUT2D eigenvalue weighted by Crippen LogP contribution is -2.36. The summed E-state index contributed by atoms with van der Waals surface area (Å²) in [4.78, 5) is 13.9. The van der Waals surface area contributed by atoms with E-state index in [9.17, 15) is 9.90 Å². The third-order valence-corrected chi connectivity index (χ3v) is 7.93. The van der Waals surface area contributed by atoms with Gasteiger partial charge in [-0.15, -0.1) is 0 Å². The summed E-state index contributed by atoms with van der Waals surface area (Å²) < 4.78 is 6.24. The highest BCUT2D eigenvalue weighted by molar-refractivity contribution is 5.68. The molecule has 4 heteroatoms. The Hall–Kier alpha value is -2.49. The molecule has 4 nitrogen and oxygen atoms in total. The maximum atomic E-state index is 11.4. The van der Waals surface area contributed by atoms with Gasteiger partial charge in [0.05, 0.1) is 13.0 Å². The van der Waals surface area contributed by atoms with Gasteiger partial charge in [-0.05, 0) is 110 Å². The van der Waals surface area contributed by atoms with Crippen molar-refractivity contribution >= 4 is 11.7 Å². The van der Waals surface area contributed by atoms with Crippen molar-refractivity contribution in [2.24, 2.45) is 17.3 Å². The largest absolute Gasteiger partial charge is 0.493 e. The first-order chi connectivity index (χ1) is 17.2. The Kier molecular flexibility index (Phi) is 8.64. The van der Waals surface area contributed by atoms with Crippen molar-refractivity contribution in [1.29, 1.82) is 0 Å². The molecule has 2 fully saturated rings. The molecule has 1 atom stereocenters. The fraction of sp³-hybridized carbons (Fsp3) is 0.594. The average Bonchev–Trinajstić information content (AvgIpc) is 3.67. The zero-order valence-electron chi connectivity index (χ0n) is 22.8. The normalized spacial score (nSPS) is 17.7. The Morgan fingerprint density at radius 3 is 2.50 bits per heavy atom. The number of aliphatic carboxylic acids is 1. The van der Waals surface area contributed by atoms with Gasteiger partial charge in [-0.1, -0.05) is 45.0 Å². The fourth-order valence-electron chi connectivity index (χ4n) is 5.62. The summed E-state index contributed by atoms with van der Waals surface area (Å²) in [6.07, 6.45) is 8.40. The van der Waals surface area contributed by atoms with Crippen molar-refractivity contribution in [3.05, 3.63) is 59.2 Å². The predicted molar refractivity (Wildman–Crippen MR) is 148 cm³/mol. The second-order valence-electron chi connectivity index (χ2n) is 12.4. The van der Waals surface area contributed by atoms with Gasteiger partial charge in [0, 0.05) is 18.8 Å². The lowest BCUT2D eigenvalue weighted by Gasteiger charge is -2.35. The maximum absolute atomic E-state index is 11.4. The van der Waals surface area contributed by atoms with E-state index in [1.807, 2.05) is 12.1 Å². The van der Waals surface area contributed by atoms with E-state index >= 15 is 0 Å². The lowest BCUT2D eigenvalue weighted by molar-refractivity contribution is -0.137. The van der Waals surface area contributed by atoms with Gasteiger partial charge >= 0.3 is 5.97 Å². The third-order valence-electron chi connectivity index (χ3n) is 7.93. The number of rotatable bonds is 11. The second kappa shape index (κ2) is 11.7. The van der Waals surface area contributed by atoms with Crippen molar-refractivity contribution in [2.45, 2.75) is 85.0 Å². The van der Waals surface area contributed by atoms with Crippen LogP contribution in [-0.4, -0.2) is 30.8 Å². The lowest BCUT2D eigenvalue weighted by atomic mass is 9.88. The number of ether oxygens (including phenoxy) is 1. The van der Waals surface area contributed by atoms with E-state index in [2.05, 4.69) is 62.9 Å². The zero-order chi connectivity index (χ0) is 25.7. The molecule has 1 saturated carbocycles. The first-order valence-corrected chi connectivity index (χ1v) is 14.0. The minimum absolute atomic E-state index is 0.112. The number of benzene rings is 2. The highest BCUT2D eigenvalue weighted by atomic mass is 16.5. The van der Waals surface area contributed by atoms with Crippen LogP contribution in [0.4, 0.5) is 5.69 Å². The van der Waals surface area contributed by atoms with Gasteiger partial charge in [0.15, 0.2) is 0 Å². The van der Waals surface area contributed by atoms with Gasteiger partial charge in [0.1, 0.15) is 5.75 Å². The first kappa shape index (κ1) is 26.6. The highest BCUT2D eigenvalue weighted by Gasteiger charge is 2.34. The van der Waals surface area contributed by atoms with Crippen LogP contribution in [0.2, 0.25) is 0 Å². The van der Waals surface area contributed by atoms with E-state index in [0.717, 1.165) is 63.1 Å². The highest BCUT2D eigenvalue weighted by Crippen LogP contribution is 2.45. The Balaban J connectivity index is 1.30. The van der Waals surface area contributed by atoms with Crippen LogP contribution in [0, 0.1) is 24.2 Å². The minimum atomic E-state index is -0.712. The Labute approximate surface area is 218 Å². The van der Waals surface area contributed by atoms with E-state index < -0.39 is 5.97 Å². The molecule has 0 amide bonds. The van der Waals surface area contributed by atoms with E-state index in [4.69, 9.17) is 4.74 Å². The van der Waals surface area contributed by atoms with Gasteiger partial charge in [0.2, 0.25) is 0 Å². The predicted octanol–water partition coefficient (Wildman–Crippen LogP) is 7.63. The van der Waals surface area contributed by atoms with Crippen LogP contribution in [-0.2, 0) is 11.2 Å². The van der Waals surface area contributed by atoms with Crippen LogP contribution in [0.3, 0.4) is 0 Å². The van der Waals surface area contributed by atoms with Crippen LogP contribution in [0.15, 0.2) is 42.5 Å². The standard InChI is InChI=1S/C32H45NO3/c1-23-10-11-26(8-6-16-32(2,3)4)30(19-23)33-17-14-24(15-18-33)22-36-28-9-5-7-27(20-28)29(21-31(34)35)25-12-13-25/h5,7,9-11,19-20,24-25,29H,6,8,12-18,21-22H2,1-4H3,(H,34,35). The van der Waals surface area contributed by atoms with E-state index in [0.29, 0.717) is 17.3 Å². The van der Waals surface area contributed by atoms with Gasteiger partial charge < -0.3 is 14.7 Å². The molecular formula is C32H45NO3. The maximum Gasteiger partial charge on any atom is 0.303 e. The molecular weight excluding hydrogens is 446 g/mol. The van der Waals surface area contributed by atoms with Gasteiger partial charge in [-0.25, -0.2) is 0 Å². The van der Waals surface area contributed by atoms with Crippen LogP contribution >= 0.6 is 0 Å². The number of carboxylic acids is 1. The smallest absolute Gasteiger partial charge is 0.303 e. The van der Waals surface area contributed by atoms with Gasteiger partial charge in [-0.2, -0.15) is 0 Å². The Morgan fingerprint density at radius 2 is 1.83 bits per heavy atom. The molecule has 2 aromatic rings. The molecule has 1 aliphatic heterocycles. The van der Waals surface area contributed by atoms with Crippen molar-refractivity contribution in [1.82, 2.24) is 0 Å². The summed E-state index contributed by atoms with van der Waals surface area (Å²) in [5.74, 6) is 1.35. The Bertz CT molecular complexity index is 1010. The molecule has 1 aliphatic carbocycles. The number of anilines is 1. The third kappa shape index (κ3) is 7.75. The number of carbonyl (C=O) groups is 1. The quantitative estimate of drug-likeness (QED) is 0.351. The van der Waals surface area contributed by atoms with Gasteiger partial charge in [-0.3, -0.25) is 4.79 Å².